The zero-order chi connectivity index (χ0) is 21.9. The van der Waals surface area contributed by atoms with Crippen LogP contribution < -0.4 is 5.32 Å². The molecule has 0 radical (unpaired) electrons. The van der Waals surface area contributed by atoms with E-state index in [4.69, 9.17) is 0 Å². The lowest BCUT2D eigenvalue weighted by molar-refractivity contribution is -0.0585. The number of aliphatic hydroxyl groups excluding tert-OH is 1. The van der Waals surface area contributed by atoms with Crippen molar-refractivity contribution in [3.63, 3.8) is 0 Å². The first-order chi connectivity index (χ1) is 15.7. The largest absolute Gasteiger partial charge is 0.395 e. The molecule has 2 amide bonds. The molecule has 0 bridgehead atoms. The van der Waals surface area contributed by atoms with Crippen molar-refractivity contribution in [2.75, 3.05) is 31.6 Å². The lowest BCUT2D eigenvalue weighted by Gasteiger charge is -2.57. The molecule has 1 saturated carbocycles. The van der Waals surface area contributed by atoms with Crippen LogP contribution in [-0.2, 0) is 0 Å². The van der Waals surface area contributed by atoms with E-state index in [-0.39, 0.29) is 30.6 Å². The Morgan fingerprint density at radius 1 is 1.03 bits per heavy atom. The third-order valence-electron chi connectivity index (χ3n) is 6.98. The highest BCUT2D eigenvalue weighted by molar-refractivity contribution is 5.89. The third kappa shape index (κ3) is 4.53. The summed E-state index contributed by atoms with van der Waals surface area (Å²) in [5, 5.41) is 13.2. The minimum Gasteiger partial charge on any atom is -0.395 e. The fourth-order valence-corrected chi connectivity index (χ4v) is 5.05. The summed E-state index contributed by atoms with van der Waals surface area (Å²) in [4.78, 5) is 17.4. The summed E-state index contributed by atoms with van der Waals surface area (Å²) in [6.07, 6.45) is 4.47. The summed E-state index contributed by atoms with van der Waals surface area (Å²) < 4.78 is 0. The van der Waals surface area contributed by atoms with E-state index >= 15 is 0 Å². The monoisotopic (exact) mass is 429 g/mol. The van der Waals surface area contributed by atoms with Gasteiger partial charge in [-0.05, 0) is 62.1 Å². The molecule has 2 aliphatic heterocycles. The maximum Gasteiger partial charge on any atom is 0.321 e. The average Bonchev–Trinajstić information content (AvgIpc) is 3.63. The normalized spacial score (nSPS) is 25.4. The number of nitrogens with one attached hydrogen (secondary N) is 1. The summed E-state index contributed by atoms with van der Waals surface area (Å²) in [6.45, 7) is 2.55. The second-order valence-corrected chi connectivity index (χ2v) is 9.20. The van der Waals surface area contributed by atoms with Crippen LogP contribution in [-0.4, -0.2) is 59.3 Å². The summed E-state index contributed by atoms with van der Waals surface area (Å²) in [7, 11) is 0. The molecule has 5 heteroatoms. The fraction of sp³-hybridized carbons (Fsp3) is 0.444. The number of nitrogens with zero attached hydrogens (tertiary/aromatic N) is 2. The number of amides is 2. The van der Waals surface area contributed by atoms with Crippen LogP contribution in [0.25, 0.3) is 0 Å². The van der Waals surface area contributed by atoms with Gasteiger partial charge in [0, 0.05) is 48.3 Å². The van der Waals surface area contributed by atoms with Crippen LogP contribution in [0, 0.1) is 17.8 Å². The summed E-state index contributed by atoms with van der Waals surface area (Å²) in [5.41, 5.74) is 3.10. The first-order valence-corrected chi connectivity index (χ1v) is 11.8. The number of fused-ring (bicyclic) bond motifs is 1. The van der Waals surface area contributed by atoms with Crippen molar-refractivity contribution in [3.8, 4) is 11.8 Å². The molecule has 0 aromatic heterocycles. The standard InChI is InChI=1S/C27H31N3O2/c31-19-25-26(22-14-12-21(13-15-22)11-10-20-8-9-20)24-18-29(16-4-5-17-30(24)25)27(32)28-23-6-2-1-3-7-23/h1-3,6-7,12-15,20,24-26,31H,4-5,8-9,16-19H2,(H,28,32)/t24-,25-,26+/m0/s1. The highest BCUT2D eigenvalue weighted by Gasteiger charge is 2.49. The van der Waals surface area contributed by atoms with Gasteiger partial charge in [0.05, 0.1) is 6.61 Å². The van der Waals surface area contributed by atoms with Gasteiger partial charge in [-0.1, -0.05) is 42.2 Å². The van der Waals surface area contributed by atoms with E-state index in [1.807, 2.05) is 35.2 Å². The fourth-order valence-electron chi connectivity index (χ4n) is 5.05. The predicted octanol–water partition coefficient (Wildman–Crippen LogP) is 3.90. The number of carbonyl (C=O) groups excluding carboxylic acids is 1. The molecular formula is C27H31N3O2. The highest BCUT2D eigenvalue weighted by atomic mass is 16.3. The molecule has 5 rings (SSSR count). The summed E-state index contributed by atoms with van der Waals surface area (Å²) in [5.74, 6) is 7.41. The van der Waals surface area contributed by atoms with Gasteiger partial charge in [0.1, 0.15) is 0 Å². The van der Waals surface area contributed by atoms with Crippen molar-refractivity contribution in [2.24, 2.45) is 5.92 Å². The second kappa shape index (κ2) is 9.36. The van der Waals surface area contributed by atoms with Crippen LogP contribution in [0.5, 0.6) is 0 Å². The Hall–Kier alpha value is -2.81. The third-order valence-corrected chi connectivity index (χ3v) is 6.98. The first-order valence-electron chi connectivity index (χ1n) is 11.8. The van der Waals surface area contributed by atoms with E-state index in [9.17, 15) is 9.90 Å². The topological polar surface area (TPSA) is 55.8 Å². The van der Waals surface area contributed by atoms with E-state index < -0.39 is 0 Å². The summed E-state index contributed by atoms with van der Waals surface area (Å²) in [6, 6.07) is 18.4. The molecule has 0 spiro atoms. The molecule has 32 heavy (non-hydrogen) atoms. The highest BCUT2D eigenvalue weighted by Crippen LogP contribution is 2.42. The lowest BCUT2D eigenvalue weighted by Crippen LogP contribution is -2.68. The van der Waals surface area contributed by atoms with Gasteiger partial charge in [0.2, 0.25) is 0 Å². The number of urea groups is 1. The molecule has 2 N–H and O–H groups in total. The Kier molecular flexibility index (Phi) is 6.16. The van der Waals surface area contributed by atoms with Gasteiger partial charge < -0.3 is 15.3 Å². The molecule has 166 valence electrons. The number of rotatable bonds is 3. The van der Waals surface area contributed by atoms with Gasteiger partial charge >= 0.3 is 6.03 Å². The molecule has 3 fully saturated rings. The van der Waals surface area contributed by atoms with Gasteiger partial charge in [-0.2, -0.15) is 0 Å². The molecule has 2 aromatic rings. The molecule has 1 aliphatic carbocycles. The Labute approximate surface area is 190 Å². The smallest absolute Gasteiger partial charge is 0.321 e. The molecule has 3 aliphatic rings. The van der Waals surface area contributed by atoms with E-state index in [0.29, 0.717) is 12.5 Å². The zero-order valence-corrected chi connectivity index (χ0v) is 18.4. The van der Waals surface area contributed by atoms with E-state index in [1.165, 1.54) is 18.4 Å². The number of anilines is 1. The maximum absolute atomic E-state index is 13.0. The van der Waals surface area contributed by atoms with Gasteiger partial charge in [-0.3, -0.25) is 4.90 Å². The molecule has 2 saturated heterocycles. The molecule has 5 nitrogen and oxygen atoms in total. The van der Waals surface area contributed by atoms with Gasteiger partial charge in [0.25, 0.3) is 0 Å². The predicted molar refractivity (Wildman–Crippen MR) is 126 cm³/mol. The minimum atomic E-state index is -0.0463. The van der Waals surface area contributed by atoms with Crippen molar-refractivity contribution in [2.45, 2.75) is 43.7 Å². The zero-order valence-electron chi connectivity index (χ0n) is 18.4. The maximum atomic E-state index is 13.0. The van der Waals surface area contributed by atoms with Crippen LogP contribution in [0.15, 0.2) is 54.6 Å². The quantitative estimate of drug-likeness (QED) is 0.728. The van der Waals surface area contributed by atoms with Crippen LogP contribution in [0.2, 0.25) is 0 Å². The number of carbonyl (C=O) groups is 1. The van der Waals surface area contributed by atoms with Crippen LogP contribution >= 0.6 is 0 Å². The lowest BCUT2D eigenvalue weighted by atomic mass is 9.74. The minimum absolute atomic E-state index is 0.0463. The number of hydrogen-bond acceptors (Lipinski definition) is 3. The molecule has 3 atom stereocenters. The summed E-state index contributed by atoms with van der Waals surface area (Å²) >= 11 is 0. The van der Waals surface area contributed by atoms with Crippen molar-refractivity contribution in [1.29, 1.82) is 0 Å². The van der Waals surface area contributed by atoms with Crippen molar-refractivity contribution >= 4 is 11.7 Å². The van der Waals surface area contributed by atoms with Crippen LogP contribution in [0.3, 0.4) is 0 Å². The van der Waals surface area contributed by atoms with Gasteiger partial charge in [0.15, 0.2) is 0 Å². The van der Waals surface area contributed by atoms with Gasteiger partial charge in [-0.25, -0.2) is 4.79 Å². The molecule has 2 aromatic carbocycles. The average molecular weight is 430 g/mol. The van der Waals surface area contributed by atoms with E-state index in [2.05, 4.69) is 46.3 Å². The van der Waals surface area contributed by atoms with Crippen LogP contribution in [0.1, 0.15) is 42.7 Å². The number of benzene rings is 2. The van der Waals surface area contributed by atoms with Crippen molar-refractivity contribution in [1.82, 2.24) is 9.80 Å². The Bertz CT molecular complexity index is 991. The van der Waals surface area contributed by atoms with E-state index in [0.717, 1.165) is 37.2 Å². The molecule has 2 heterocycles. The van der Waals surface area contributed by atoms with Crippen molar-refractivity contribution < 1.29 is 9.90 Å². The Morgan fingerprint density at radius 3 is 2.50 bits per heavy atom. The van der Waals surface area contributed by atoms with Gasteiger partial charge in [-0.15, -0.1) is 0 Å². The first kappa shape index (κ1) is 21.1. The Balaban J connectivity index is 1.32. The SMILES string of the molecule is O=C(Nc1ccccc1)N1CCCCN2[C@@H](CO)[C@H](c3ccc(C#CC4CC4)cc3)[C@@H]2C1. The van der Waals surface area contributed by atoms with Crippen LogP contribution in [0.4, 0.5) is 10.5 Å². The van der Waals surface area contributed by atoms with E-state index in [1.54, 1.807) is 0 Å². The second-order valence-electron chi connectivity index (χ2n) is 9.20. The number of aliphatic hydroxyl groups is 1. The van der Waals surface area contributed by atoms with Crippen molar-refractivity contribution in [3.05, 3.63) is 65.7 Å². The molecular weight excluding hydrogens is 398 g/mol. The number of para-hydroxylation sites is 1. The molecule has 0 unspecified atom stereocenters. The Morgan fingerprint density at radius 2 is 1.78 bits per heavy atom. The number of hydrogen-bond donors (Lipinski definition) is 2.